The number of rotatable bonds is 4. The predicted octanol–water partition coefficient (Wildman–Crippen LogP) is 4.57. The van der Waals surface area contributed by atoms with Crippen LogP contribution in [0.5, 0.6) is 5.75 Å². The largest absolute Gasteiger partial charge is 0.480 e. The highest BCUT2D eigenvalue weighted by atomic mass is 35.5. The monoisotopic (exact) mass is 300 g/mol. The molecule has 0 saturated carbocycles. The van der Waals surface area contributed by atoms with Gasteiger partial charge in [-0.3, -0.25) is 4.79 Å². The van der Waals surface area contributed by atoms with Gasteiger partial charge in [0.15, 0.2) is 6.10 Å². The van der Waals surface area contributed by atoms with Gasteiger partial charge in [-0.05, 0) is 24.1 Å². The molecule has 0 radical (unpaired) electrons. The number of halogens is 4. The number of benzene rings is 1. The molecule has 1 aromatic carbocycles. The molecule has 16 heavy (non-hydrogen) atoms. The summed E-state index contributed by atoms with van der Waals surface area (Å²) in [5.41, 5.74) is 0. The topological polar surface area (TPSA) is 26.3 Å². The van der Waals surface area contributed by atoms with E-state index >= 15 is 0 Å². The van der Waals surface area contributed by atoms with Crippen molar-refractivity contribution in [3.05, 3.63) is 27.2 Å². The van der Waals surface area contributed by atoms with E-state index in [0.29, 0.717) is 11.4 Å². The average molecular weight is 302 g/mol. The molecule has 0 aliphatic rings. The molecule has 1 atom stereocenters. The van der Waals surface area contributed by atoms with E-state index in [-0.39, 0.29) is 15.8 Å². The third-order valence-corrected chi connectivity index (χ3v) is 3.10. The SMILES string of the molecule is CCC(Oc1cc(Cl)cc(Cl)c1Cl)C(=O)Cl. The van der Waals surface area contributed by atoms with Gasteiger partial charge in [-0.1, -0.05) is 41.7 Å². The summed E-state index contributed by atoms with van der Waals surface area (Å²) in [6.07, 6.45) is -0.323. The fourth-order valence-electron chi connectivity index (χ4n) is 1.06. The minimum absolute atomic E-state index is 0.211. The van der Waals surface area contributed by atoms with Gasteiger partial charge in [0, 0.05) is 11.1 Å². The molecule has 0 aliphatic carbocycles. The lowest BCUT2D eigenvalue weighted by Crippen LogP contribution is -2.22. The van der Waals surface area contributed by atoms with Gasteiger partial charge in [-0.25, -0.2) is 0 Å². The Morgan fingerprint density at radius 1 is 1.38 bits per heavy atom. The van der Waals surface area contributed by atoms with E-state index in [1.807, 2.05) is 0 Å². The van der Waals surface area contributed by atoms with Crippen molar-refractivity contribution in [2.75, 3.05) is 0 Å². The first-order valence-electron chi connectivity index (χ1n) is 4.46. The predicted molar refractivity (Wildman–Crippen MR) is 67.0 cm³/mol. The van der Waals surface area contributed by atoms with Crippen LogP contribution in [0.4, 0.5) is 0 Å². The lowest BCUT2D eigenvalue weighted by atomic mass is 10.3. The van der Waals surface area contributed by atoms with Gasteiger partial charge >= 0.3 is 0 Å². The third kappa shape index (κ3) is 3.42. The Balaban J connectivity index is 3.00. The molecular weight excluding hydrogens is 294 g/mol. The van der Waals surface area contributed by atoms with E-state index in [2.05, 4.69) is 0 Å². The highest BCUT2D eigenvalue weighted by Crippen LogP contribution is 2.36. The first-order chi connectivity index (χ1) is 7.45. The zero-order valence-electron chi connectivity index (χ0n) is 8.27. The second-order valence-corrected chi connectivity index (χ2v) is 4.61. The Morgan fingerprint density at radius 2 is 2.00 bits per heavy atom. The Kier molecular flexibility index (Phi) is 5.19. The number of ether oxygens (including phenoxy) is 1. The van der Waals surface area contributed by atoms with Crippen LogP contribution in [0.25, 0.3) is 0 Å². The van der Waals surface area contributed by atoms with Crippen molar-refractivity contribution in [2.24, 2.45) is 0 Å². The second-order valence-electron chi connectivity index (χ2n) is 3.02. The summed E-state index contributed by atoms with van der Waals surface area (Å²) in [5, 5.41) is 0.263. The van der Waals surface area contributed by atoms with E-state index in [4.69, 9.17) is 51.1 Å². The van der Waals surface area contributed by atoms with Crippen molar-refractivity contribution in [1.82, 2.24) is 0 Å². The smallest absolute Gasteiger partial charge is 0.262 e. The van der Waals surface area contributed by atoms with Gasteiger partial charge in [-0.2, -0.15) is 0 Å². The van der Waals surface area contributed by atoms with E-state index in [1.165, 1.54) is 12.1 Å². The Hall–Kier alpha value is -0.150. The maximum absolute atomic E-state index is 11.0. The molecule has 0 N–H and O–H groups in total. The molecule has 0 heterocycles. The van der Waals surface area contributed by atoms with Crippen molar-refractivity contribution in [1.29, 1.82) is 0 Å². The quantitative estimate of drug-likeness (QED) is 0.601. The zero-order valence-corrected chi connectivity index (χ0v) is 11.3. The first kappa shape index (κ1) is 13.9. The highest BCUT2D eigenvalue weighted by molar-refractivity contribution is 6.64. The van der Waals surface area contributed by atoms with Crippen LogP contribution in [0.1, 0.15) is 13.3 Å². The van der Waals surface area contributed by atoms with E-state index in [9.17, 15) is 4.79 Å². The molecule has 0 aromatic heterocycles. The molecule has 0 fully saturated rings. The normalized spacial score (nSPS) is 12.3. The minimum Gasteiger partial charge on any atom is -0.480 e. The van der Waals surface area contributed by atoms with E-state index in [1.54, 1.807) is 6.92 Å². The molecule has 0 saturated heterocycles. The lowest BCUT2D eigenvalue weighted by Gasteiger charge is -2.15. The van der Waals surface area contributed by atoms with Crippen molar-refractivity contribution < 1.29 is 9.53 Å². The van der Waals surface area contributed by atoms with E-state index in [0.717, 1.165) is 0 Å². The summed E-state index contributed by atoms with van der Waals surface area (Å²) in [7, 11) is 0. The molecule has 0 aliphatic heterocycles. The maximum Gasteiger partial charge on any atom is 0.262 e. The van der Waals surface area contributed by atoms with Gasteiger partial charge in [0.25, 0.3) is 5.24 Å². The molecule has 88 valence electrons. The van der Waals surface area contributed by atoms with Crippen LogP contribution < -0.4 is 4.74 Å². The van der Waals surface area contributed by atoms with Crippen LogP contribution in [0.15, 0.2) is 12.1 Å². The molecule has 0 spiro atoms. The third-order valence-electron chi connectivity index (χ3n) is 1.85. The van der Waals surface area contributed by atoms with Crippen LogP contribution in [0, 0.1) is 0 Å². The summed E-state index contributed by atoms with van der Waals surface area (Å²) in [6.45, 7) is 1.77. The van der Waals surface area contributed by atoms with Gasteiger partial charge in [0.1, 0.15) is 10.8 Å². The number of carbonyl (C=O) groups excluding carboxylic acids is 1. The summed E-state index contributed by atoms with van der Waals surface area (Å²) in [5.74, 6) is 0.250. The first-order valence-corrected chi connectivity index (χ1v) is 5.97. The van der Waals surface area contributed by atoms with E-state index < -0.39 is 11.3 Å². The average Bonchev–Trinajstić information content (AvgIpc) is 2.20. The Labute approximate surface area is 113 Å². The van der Waals surface area contributed by atoms with Crippen molar-refractivity contribution >= 4 is 51.6 Å². The van der Waals surface area contributed by atoms with Gasteiger partial charge in [0.2, 0.25) is 0 Å². The van der Waals surface area contributed by atoms with Gasteiger partial charge in [-0.15, -0.1) is 0 Å². The Morgan fingerprint density at radius 3 is 2.50 bits per heavy atom. The maximum atomic E-state index is 11.0. The van der Waals surface area contributed by atoms with Crippen LogP contribution in [0.2, 0.25) is 15.1 Å². The molecule has 0 bridgehead atoms. The molecule has 6 heteroatoms. The van der Waals surface area contributed by atoms with Crippen LogP contribution in [0.3, 0.4) is 0 Å². The van der Waals surface area contributed by atoms with Crippen LogP contribution in [-0.2, 0) is 4.79 Å². The van der Waals surface area contributed by atoms with Crippen molar-refractivity contribution in [2.45, 2.75) is 19.4 Å². The second kappa shape index (κ2) is 5.97. The fourth-order valence-corrected chi connectivity index (χ4v) is 1.89. The summed E-state index contributed by atoms with van der Waals surface area (Å²) in [6, 6.07) is 2.97. The number of hydrogen-bond donors (Lipinski definition) is 0. The lowest BCUT2D eigenvalue weighted by molar-refractivity contribution is -0.117. The molecular formula is C10H8Cl4O2. The number of hydrogen-bond acceptors (Lipinski definition) is 2. The van der Waals surface area contributed by atoms with Gasteiger partial charge < -0.3 is 4.74 Å². The van der Waals surface area contributed by atoms with Crippen molar-refractivity contribution in [3.8, 4) is 5.75 Å². The molecule has 1 rings (SSSR count). The molecule has 1 aromatic rings. The van der Waals surface area contributed by atoms with Crippen molar-refractivity contribution in [3.63, 3.8) is 0 Å². The summed E-state index contributed by atoms with van der Waals surface area (Å²) < 4.78 is 5.34. The molecule has 1 unspecified atom stereocenters. The number of carbonyl (C=O) groups is 1. The minimum atomic E-state index is -0.756. The fraction of sp³-hybridized carbons (Fsp3) is 0.300. The highest BCUT2D eigenvalue weighted by Gasteiger charge is 2.18. The molecule has 0 amide bonds. The molecule has 2 nitrogen and oxygen atoms in total. The van der Waals surface area contributed by atoms with Crippen LogP contribution >= 0.6 is 46.4 Å². The summed E-state index contributed by atoms with van der Waals surface area (Å²) in [4.78, 5) is 11.0. The summed E-state index contributed by atoms with van der Waals surface area (Å²) >= 11 is 22.9. The van der Waals surface area contributed by atoms with Gasteiger partial charge in [0.05, 0.1) is 5.02 Å². The van der Waals surface area contributed by atoms with Crippen LogP contribution in [-0.4, -0.2) is 11.3 Å². The Bertz CT molecular complexity index is 406. The standard InChI is InChI=1S/C10H8Cl4O2/c1-2-7(10(14)15)16-8-4-5(11)3-6(12)9(8)13/h3-4,7H,2H2,1H3. The zero-order chi connectivity index (χ0) is 12.3.